The summed E-state index contributed by atoms with van der Waals surface area (Å²) in [6.45, 7) is 28.0. The van der Waals surface area contributed by atoms with Gasteiger partial charge in [0.25, 0.3) is 6.71 Å². The summed E-state index contributed by atoms with van der Waals surface area (Å²) < 4.78 is 14.2. The average Bonchev–Trinajstić information content (AvgIpc) is 3.75. The van der Waals surface area contributed by atoms with E-state index in [2.05, 4.69) is 160 Å². The fraction of sp³-hybridized carbons (Fsp3) is 0.429. The van der Waals surface area contributed by atoms with Crippen molar-refractivity contribution in [3.8, 4) is 0 Å². The molecule has 4 aliphatic rings. The monoisotopic (exact) mass is 714 g/mol. The molecule has 54 heavy (non-hydrogen) atoms. The fourth-order valence-corrected chi connectivity index (χ4v) is 10.8. The Bertz CT molecular complexity index is 2570. The Balaban J connectivity index is 1.36. The molecule has 0 saturated heterocycles. The van der Waals surface area contributed by atoms with Crippen molar-refractivity contribution in [2.45, 2.75) is 136 Å². The van der Waals surface area contributed by atoms with Crippen LogP contribution in [0.3, 0.4) is 0 Å². The molecule has 276 valence electrons. The number of hydrogen-bond donors (Lipinski definition) is 0. The number of benzene rings is 4. The standard InChI is InChI=1S/C49H55BN2O2/c1-28-23-35-41-36(24-28)52-42-34(25-29-26-38(47(8,9)10)54-43(29)39(42)48(11)21-13-14-22-49(48,52)12)50(41)40-33-27-31(46(5,6)7)17-20-37(33)53-44(40)51(35)32-18-15-30(16-19-32)45(2,3)4/h15-20,23-27H,13-14,21-22H2,1-12H3. The Morgan fingerprint density at radius 3 is 2.04 bits per heavy atom. The van der Waals surface area contributed by atoms with E-state index in [9.17, 15) is 0 Å². The second-order valence-corrected chi connectivity index (χ2v) is 20.7. The largest absolute Gasteiger partial charge is 0.460 e. The van der Waals surface area contributed by atoms with Gasteiger partial charge in [0.1, 0.15) is 16.9 Å². The van der Waals surface area contributed by atoms with Crippen molar-refractivity contribution in [1.29, 1.82) is 0 Å². The summed E-state index contributed by atoms with van der Waals surface area (Å²) in [7, 11) is 0. The quantitative estimate of drug-likeness (QED) is 0.159. The number of nitrogens with zero attached hydrogens (tertiary/aromatic N) is 2. The topological polar surface area (TPSA) is 32.8 Å². The molecule has 0 bridgehead atoms. The fourth-order valence-electron chi connectivity index (χ4n) is 10.8. The van der Waals surface area contributed by atoms with E-state index in [1.807, 2.05) is 0 Å². The first-order chi connectivity index (χ1) is 25.3. The molecule has 0 radical (unpaired) electrons. The number of aryl methyl sites for hydroxylation is 1. The van der Waals surface area contributed by atoms with Gasteiger partial charge in [0.15, 0.2) is 0 Å². The normalized spacial score (nSPS) is 21.8. The van der Waals surface area contributed by atoms with Gasteiger partial charge in [-0.15, -0.1) is 0 Å². The smallest absolute Gasteiger partial charge is 0.257 e. The molecule has 4 aromatic carbocycles. The molecular formula is C49H55BN2O2. The molecule has 10 rings (SSSR count). The minimum absolute atomic E-state index is 0.00177. The van der Waals surface area contributed by atoms with E-state index in [4.69, 9.17) is 8.83 Å². The summed E-state index contributed by atoms with van der Waals surface area (Å²) in [4.78, 5) is 5.26. The van der Waals surface area contributed by atoms with Gasteiger partial charge in [0.05, 0.1) is 5.54 Å². The summed E-state index contributed by atoms with van der Waals surface area (Å²) in [6, 6.07) is 25.9. The lowest BCUT2D eigenvalue weighted by atomic mass is 9.33. The van der Waals surface area contributed by atoms with Crippen LogP contribution >= 0.6 is 0 Å². The second kappa shape index (κ2) is 10.5. The first kappa shape index (κ1) is 34.1. The summed E-state index contributed by atoms with van der Waals surface area (Å²) in [5.41, 5.74) is 16.3. The number of hydrogen-bond acceptors (Lipinski definition) is 4. The van der Waals surface area contributed by atoms with Gasteiger partial charge < -0.3 is 13.7 Å². The van der Waals surface area contributed by atoms with E-state index >= 15 is 0 Å². The van der Waals surface area contributed by atoms with Crippen LogP contribution in [0.25, 0.3) is 21.9 Å². The number of furan rings is 2. The van der Waals surface area contributed by atoms with Crippen LogP contribution in [0, 0.1) is 6.92 Å². The van der Waals surface area contributed by atoms with Gasteiger partial charge in [0, 0.05) is 55.4 Å². The molecular weight excluding hydrogens is 659 g/mol. The van der Waals surface area contributed by atoms with Crippen molar-refractivity contribution >= 4 is 73.7 Å². The zero-order chi connectivity index (χ0) is 38.1. The van der Waals surface area contributed by atoms with Gasteiger partial charge in [-0.1, -0.05) is 106 Å². The van der Waals surface area contributed by atoms with Crippen LogP contribution in [0.4, 0.5) is 28.6 Å². The Morgan fingerprint density at radius 2 is 1.35 bits per heavy atom. The average molecular weight is 715 g/mol. The first-order valence-corrected chi connectivity index (χ1v) is 20.4. The van der Waals surface area contributed by atoms with E-state index in [1.54, 1.807) is 0 Å². The van der Waals surface area contributed by atoms with E-state index in [1.165, 1.54) is 79.3 Å². The van der Waals surface area contributed by atoms with Gasteiger partial charge in [-0.3, -0.25) is 4.90 Å². The van der Waals surface area contributed by atoms with Crippen molar-refractivity contribution in [2.24, 2.45) is 0 Å². The molecule has 2 unspecified atom stereocenters. The maximum Gasteiger partial charge on any atom is 0.257 e. The van der Waals surface area contributed by atoms with Gasteiger partial charge >= 0.3 is 0 Å². The van der Waals surface area contributed by atoms with E-state index < -0.39 is 0 Å². The third-order valence-electron chi connectivity index (χ3n) is 14.0. The zero-order valence-electron chi connectivity index (χ0n) is 34.5. The second-order valence-electron chi connectivity index (χ2n) is 20.7. The van der Waals surface area contributed by atoms with E-state index in [-0.39, 0.29) is 33.9 Å². The van der Waals surface area contributed by atoms with Crippen LogP contribution < -0.4 is 26.2 Å². The van der Waals surface area contributed by atoms with Crippen molar-refractivity contribution in [1.82, 2.24) is 0 Å². The Hall–Kier alpha value is -4.38. The molecule has 5 heteroatoms. The van der Waals surface area contributed by atoms with Crippen LogP contribution in [0.15, 0.2) is 75.6 Å². The third kappa shape index (κ3) is 4.33. The Morgan fingerprint density at radius 1 is 0.685 bits per heavy atom. The molecule has 1 fully saturated rings. The minimum Gasteiger partial charge on any atom is -0.460 e. The Labute approximate surface area is 322 Å². The lowest BCUT2D eigenvalue weighted by molar-refractivity contribution is 0.195. The predicted molar refractivity (Wildman–Crippen MR) is 229 cm³/mol. The molecule has 5 heterocycles. The molecule has 4 nitrogen and oxygen atoms in total. The molecule has 6 aromatic rings. The van der Waals surface area contributed by atoms with Gasteiger partial charge in [-0.25, -0.2) is 0 Å². The van der Waals surface area contributed by atoms with E-state index in [0.29, 0.717) is 0 Å². The summed E-state index contributed by atoms with van der Waals surface area (Å²) in [5, 5.41) is 2.44. The predicted octanol–water partition coefficient (Wildman–Crippen LogP) is 11.7. The van der Waals surface area contributed by atoms with Crippen LogP contribution in [0.5, 0.6) is 0 Å². The highest BCUT2D eigenvalue weighted by Crippen LogP contribution is 2.63. The number of anilines is 5. The van der Waals surface area contributed by atoms with Crippen molar-refractivity contribution in [2.75, 3.05) is 9.80 Å². The molecule has 3 aliphatic heterocycles. The highest BCUT2D eigenvalue weighted by atomic mass is 16.4. The zero-order valence-corrected chi connectivity index (χ0v) is 34.5. The first-order valence-electron chi connectivity index (χ1n) is 20.4. The highest BCUT2D eigenvalue weighted by molar-refractivity contribution is 7.01. The summed E-state index contributed by atoms with van der Waals surface area (Å²) in [5.74, 6) is 1.99. The molecule has 0 amide bonds. The SMILES string of the molecule is Cc1cc2c3c(c1)N1c4c(cc5cc(C(C)(C)C)oc5c4C4(C)CCCCC14C)B3c1c(oc3ccc(C(C)(C)C)cc13)N2c1ccc(C(C)(C)C)cc1. The maximum atomic E-state index is 7.17. The van der Waals surface area contributed by atoms with Crippen LogP contribution in [-0.2, 0) is 21.7 Å². The molecule has 0 spiro atoms. The lowest BCUT2D eigenvalue weighted by Crippen LogP contribution is -2.64. The summed E-state index contributed by atoms with van der Waals surface area (Å²) >= 11 is 0. The Kier molecular flexibility index (Phi) is 6.62. The molecule has 2 atom stereocenters. The summed E-state index contributed by atoms with van der Waals surface area (Å²) in [6.07, 6.45) is 4.76. The van der Waals surface area contributed by atoms with Crippen molar-refractivity contribution in [3.63, 3.8) is 0 Å². The lowest BCUT2D eigenvalue weighted by Gasteiger charge is -2.52. The van der Waals surface area contributed by atoms with Crippen molar-refractivity contribution in [3.05, 3.63) is 94.7 Å². The third-order valence-corrected chi connectivity index (χ3v) is 14.0. The maximum absolute atomic E-state index is 7.17. The number of rotatable bonds is 1. The number of fused-ring (bicyclic) bond motifs is 11. The highest BCUT2D eigenvalue weighted by Gasteiger charge is 2.63. The van der Waals surface area contributed by atoms with E-state index in [0.717, 1.165) is 41.3 Å². The van der Waals surface area contributed by atoms with Gasteiger partial charge in [0.2, 0.25) is 5.88 Å². The van der Waals surface area contributed by atoms with Crippen molar-refractivity contribution < 1.29 is 8.83 Å². The molecule has 1 saturated carbocycles. The van der Waals surface area contributed by atoms with Crippen LogP contribution in [-0.4, -0.2) is 12.3 Å². The minimum atomic E-state index is -0.102. The molecule has 2 aromatic heterocycles. The van der Waals surface area contributed by atoms with Crippen LogP contribution in [0.1, 0.15) is 130 Å². The molecule has 1 aliphatic carbocycles. The molecule has 0 N–H and O–H groups in total. The van der Waals surface area contributed by atoms with Crippen LogP contribution in [0.2, 0.25) is 0 Å². The van der Waals surface area contributed by atoms with Gasteiger partial charge in [-0.2, -0.15) is 0 Å². The van der Waals surface area contributed by atoms with Gasteiger partial charge in [-0.05, 0) is 108 Å².